The van der Waals surface area contributed by atoms with Crippen molar-refractivity contribution in [3.8, 4) is 0 Å². The van der Waals surface area contributed by atoms with Crippen LogP contribution in [0.2, 0.25) is 0 Å². The Hall–Kier alpha value is -0.950. The van der Waals surface area contributed by atoms with E-state index in [0.717, 1.165) is 25.1 Å². The van der Waals surface area contributed by atoms with E-state index < -0.39 is 9.84 Å². The summed E-state index contributed by atoms with van der Waals surface area (Å²) in [7, 11) is -2.82. The molecule has 0 amide bonds. The average Bonchev–Trinajstić information content (AvgIpc) is 2.86. The fourth-order valence-electron chi connectivity index (χ4n) is 2.48. The van der Waals surface area contributed by atoms with Crippen LogP contribution in [0.1, 0.15) is 37.9 Å². The summed E-state index contributed by atoms with van der Waals surface area (Å²) in [5, 5.41) is 7.88. The van der Waals surface area contributed by atoms with Crippen LogP contribution in [0.25, 0.3) is 0 Å². The molecular formula is C11H20N4O2S. The first kappa shape index (κ1) is 13.5. The zero-order valence-corrected chi connectivity index (χ0v) is 11.4. The van der Waals surface area contributed by atoms with E-state index in [0.29, 0.717) is 12.2 Å². The maximum atomic E-state index is 11.4. The van der Waals surface area contributed by atoms with Gasteiger partial charge in [-0.25, -0.2) is 13.1 Å². The molecule has 2 rings (SSSR count). The van der Waals surface area contributed by atoms with Crippen LogP contribution in [-0.4, -0.2) is 34.9 Å². The largest absolute Gasteiger partial charge is 0.323 e. The number of rotatable bonds is 5. The molecule has 6 nitrogen and oxygen atoms in total. The molecule has 18 heavy (non-hydrogen) atoms. The number of hydrogen-bond donors (Lipinski definition) is 1. The number of aryl methyl sites for hydroxylation is 1. The van der Waals surface area contributed by atoms with E-state index >= 15 is 0 Å². The van der Waals surface area contributed by atoms with Crippen molar-refractivity contribution >= 4 is 9.84 Å². The van der Waals surface area contributed by atoms with Crippen molar-refractivity contribution in [3.05, 3.63) is 11.9 Å². The standard InChI is InChI=1S/C11H20N4O2S/c1-2-4-15-11(7-13-14-15)10(12)6-9-3-5-18(16,17)8-9/h7,9-10H,2-6,8,12H2,1H3. The summed E-state index contributed by atoms with van der Waals surface area (Å²) < 4.78 is 24.6. The minimum absolute atomic E-state index is 0.176. The van der Waals surface area contributed by atoms with E-state index in [4.69, 9.17) is 5.73 Å². The lowest BCUT2D eigenvalue weighted by molar-refractivity contribution is 0.447. The first-order valence-electron chi connectivity index (χ1n) is 6.36. The van der Waals surface area contributed by atoms with Crippen molar-refractivity contribution in [2.45, 2.75) is 38.8 Å². The molecule has 1 aliphatic heterocycles. The van der Waals surface area contributed by atoms with Crippen LogP contribution in [0.3, 0.4) is 0 Å². The molecule has 0 saturated carbocycles. The highest BCUT2D eigenvalue weighted by molar-refractivity contribution is 7.91. The minimum Gasteiger partial charge on any atom is -0.323 e. The second-order valence-electron chi connectivity index (χ2n) is 4.99. The first-order valence-corrected chi connectivity index (χ1v) is 8.18. The van der Waals surface area contributed by atoms with E-state index in [1.54, 1.807) is 6.20 Å². The SMILES string of the molecule is CCCn1nncc1C(N)CC1CCS(=O)(=O)C1. The molecule has 2 unspecified atom stereocenters. The second kappa shape index (κ2) is 5.36. The molecule has 1 fully saturated rings. The van der Waals surface area contributed by atoms with Crippen molar-refractivity contribution in [3.63, 3.8) is 0 Å². The maximum Gasteiger partial charge on any atom is 0.150 e. The minimum atomic E-state index is -2.82. The average molecular weight is 272 g/mol. The van der Waals surface area contributed by atoms with Gasteiger partial charge in [-0.2, -0.15) is 0 Å². The van der Waals surface area contributed by atoms with Gasteiger partial charge >= 0.3 is 0 Å². The zero-order valence-electron chi connectivity index (χ0n) is 10.6. The van der Waals surface area contributed by atoms with Gasteiger partial charge < -0.3 is 5.73 Å². The summed E-state index contributed by atoms with van der Waals surface area (Å²) in [6, 6.07) is -0.176. The summed E-state index contributed by atoms with van der Waals surface area (Å²) in [4.78, 5) is 0. The van der Waals surface area contributed by atoms with Gasteiger partial charge in [0.05, 0.1) is 23.4 Å². The van der Waals surface area contributed by atoms with Gasteiger partial charge in [0.15, 0.2) is 9.84 Å². The van der Waals surface area contributed by atoms with Gasteiger partial charge in [0.1, 0.15) is 0 Å². The van der Waals surface area contributed by atoms with Crippen molar-refractivity contribution < 1.29 is 8.42 Å². The van der Waals surface area contributed by atoms with Gasteiger partial charge in [0.2, 0.25) is 0 Å². The molecule has 102 valence electrons. The van der Waals surface area contributed by atoms with Crippen molar-refractivity contribution in [1.82, 2.24) is 15.0 Å². The van der Waals surface area contributed by atoms with Crippen molar-refractivity contribution in [2.75, 3.05) is 11.5 Å². The Bertz CT molecular complexity index is 497. The van der Waals surface area contributed by atoms with E-state index in [9.17, 15) is 8.42 Å². The molecule has 0 bridgehead atoms. The molecule has 2 atom stereocenters. The molecule has 2 heterocycles. The molecule has 0 aliphatic carbocycles. The monoisotopic (exact) mass is 272 g/mol. The quantitative estimate of drug-likeness (QED) is 0.843. The predicted octanol–water partition coefficient (Wildman–Crippen LogP) is 0.513. The normalized spacial score (nSPS) is 24.2. The van der Waals surface area contributed by atoms with Gasteiger partial charge in [-0.15, -0.1) is 5.10 Å². The third-order valence-electron chi connectivity index (χ3n) is 3.38. The number of hydrogen-bond acceptors (Lipinski definition) is 5. The van der Waals surface area contributed by atoms with E-state index in [1.165, 1.54) is 0 Å². The Morgan fingerprint density at radius 1 is 1.61 bits per heavy atom. The Morgan fingerprint density at radius 2 is 2.39 bits per heavy atom. The fraction of sp³-hybridized carbons (Fsp3) is 0.818. The number of aromatic nitrogens is 3. The van der Waals surface area contributed by atoms with Gasteiger partial charge in [-0.3, -0.25) is 0 Å². The highest BCUT2D eigenvalue weighted by Crippen LogP contribution is 2.27. The van der Waals surface area contributed by atoms with E-state index in [2.05, 4.69) is 17.2 Å². The lowest BCUT2D eigenvalue weighted by atomic mass is 9.98. The molecule has 0 aromatic carbocycles. The van der Waals surface area contributed by atoms with Crippen LogP contribution in [-0.2, 0) is 16.4 Å². The van der Waals surface area contributed by atoms with E-state index in [1.807, 2.05) is 4.68 Å². The van der Waals surface area contributed by atoms with Crippen LogP contribution >= 0.6 is 0 Å². The highest BCUT2D eigenvalue weighted by atomic mass is 32.2. The molecule has 0 spiro atoms. The molecule has 1 saturated heterocycles. The Kier molecular flexibility index (Phi) is 4.01. The summed E-state index contributed by atoms with van der Waals surface area (Å²) in [5.41, 5.74) is 7.05. The van der Waals surface area contributed by atoms with Gasteiger partial charge in [-0.05, 0) is 25.2 Å². The molecular weight excluding hydrogens is 252 g/mol. The van der Waals surface area contributed by atoms with Crippen LogP contribution < -0.4 is 5.73 Å². The molecule has 7 heteroatoms. The number of nitrogens with zero attached hydrogens (tertiary/aromatic N) is 3. The lowest BCUT2D eigenvalue weighted by Gasteiger charge is -2.16. The smallest absolute Gasteiger partial charge is 0.150 e. The first-order chi connectivity index (χ1) is 8.52. The molecule has 0 radical (unpaired) electrons. The second-order valence-corrected chi connectivity index (χ2v) is 7.22. The number of sulfone groups is 1. The zero-order chi connectivity index (χ0) is 13.2. The van der Waals surface area contributed by atoms with Gasteiger partial charge in [-0.1, -0.05) is 12.1 Å². The Balaban J connectivity index is 1.99. The van der Waals surface area contributed by atoms with Crippen LogP contribution in [0.5, 0.6) is 0 Å². The fourth-order valence-corrected chi connectivity index (χ4v) is 4.36. The Morgan fingerprint density at radius 3 is 3.00 bits per heavy atom. The van der Waals surface area contributed by atoms with Crippen molar-refractivity contribution in [1.29, 1.82) is 0 Å². The Labute approximate surface area is 107 Å². The third-order valence-corrected chi connectivity index (χ3v) is 5.21. The molecule has 1 aromatic rings. The summed E-state index contributed by atoms with van der Waals surface area (Å²) >= 11 is 0. The van der Waals surface area contributed by atoms with Gasteiger partial charge in [0.25, 0.3) is 0 Å². The highest BCUT2D eigenvalue weighted by Gasteiger charge is 2.30. The topological polar surface area (TPSA) is 90.9 Å². The van der Waals surface area contributed by atoms with Crippen LogP contribution in [0, 0.1) is 5.92 Å². The van der Waals surface area contributed by atoms with Crippen molar-refractivity contribution in [2.24, 2.45) is 11.7 Å². The molecule has 1 aliphatic rings. The van der Waals surface area contributed by atoms with Crippen LogP contribution in [0.4, 0.5) is 0 Å². The lowest BCUT2D eigenvalue weighted by Crippen LogP contribution is -2.20. The van der Waals surface area contributed by atoms with Gasteiger partial charge in [0, 0.05) is 12.6 Å². The molecule has 1 aromatic heterocycles. The van der Waals surface area contributed by atoms with Crippen LogP contribution in [0.15, 0.2) is 6.20 Å². The predicted molar refractivity (Wildman–Crippen MR) is 68.6 cm³/mol. The van der Waals surface area contributed by atoms with E-state index in [-0.39, 0.29) is 17.7 Å². The summed E-state index contributed by atoms with van der Waals surface area (Å²) in [6.07, 6.45) is 4.08. The molecule has 2 N–H and O–H groups in total. The summed E-state index contributed by atoms with van der Waals surface area (Å²) in [5.74, 6) is 0.752. The third kappa shape index (κ3) is 3.08. The maximum absolute atomic E-state index is 11.4. The number of nitrogens with two attached hydrogens (primary N) is 1. The summed E-state index contributed by atoms with van der Waals surface area (Å²) in [6.45, 7) is 2.87.